The molecule has 1 saturated heterocycles. The highest BCUT2D eigenvalue weighted by Gasteiger charge is 2.14. The van der Waals surface area contributed by atoms with Crippen LogP contribution in [0.25, 0.3) is 0 Å². The molecule has 0 spiro atoms. The average molecular weight is 291 g/mol. The van der Waals surface area contributed by atoms with E-state index in [1.807, 2.05) is 0 Å². The molecule has 2 rings (SSSR count). The third kappa shape index (κ3) is 4.36. The lowest BCUT2D eigenvalue weighted by Gasteiger charge is -2.34. The number of aliphatic carboxylic acids is 1. The minimum Gasteiger partial charge on any atom is -0.481 e. The highest BCUT2D eigenvalue weighted by atomic mass is 16.4. The third-order valence-electron chi connectivity index (χ3n) is 4.06. The summed E-state index contributed by atoms with van der Waals surface area (Å²) in [4.78, 5) is 17.5. The van der Waals surface area contributed by atoms with Gasteiger partial charge in [0.25, 0.3) is 0 Å². The van der Waals surface area contributed by atoms with Crippen molar-refractivity contribution in [2.45, 2.75) is 13.3 Å². The van der Waals surface area contributed by atoms with Crippen molar-refractivity contribution in [2.24, 2.45) is 0 Å². The molecule has 0 aromatic heterocycles. The molecule has 0 atom stereocenters. The van der Waals surface area contributed by atoms with Crippen molar-refractivity contribution in [1.82, 2.24) is 4.90 Å². The van der Waals surface area contributed by atoms with Crippen LogP contribution in [0.1, 0.15) is 13.3 Å². The molecule has 0 aliphatic carbocycles. The monoisotopic (exact) mass is 291 g/mol. The summed E-state index contributed by atoms with van der Waals surface area (Å²) in [7, 11) is 2.15. The minimum atomic E-state index is -0.748. The van der Waals surface area contributed by atoms with E-state index in [2.05, 4.69) is 52.9 Å². The summed E-state index contributed by atoms with van der Waals surface area (Å²) in [6.07, 6.45) is 0.175. The lowest BCUT2D eigenvalue weighted by molar-refractivity contribution is -0.136. The van der Waals surface area contributed by atoms with Crippen molar-refractivity contribution in [2.75, 3.05) is 56.1 Å². The number of carbonyl (C=O) groups is 1. The maximum Gasteiger partial charge on any atom is 0.305 e. The van der Waals surface area contributed by atoms with Gasteiger partial charge in [-0.05, 0) is 38.2 Å². The van der Waals surface area contributed by atoms with Crippen molar-refractivity contribution >= 4 is 17.3 Å². The van der Waals surface area contributed by atoms with Gasteiger partial charge in [0.15, 0.2) is 0 Å². The molecule has 1 aromatic carbocycles. The summed E-state index contributed by atoms with van der Waals surface area (Å²) < 4.78 is 0. The Morgan fingerprint density at radius 3 is 2.33 bits per heavy atom. The Bertz CT molecular complexity index is 453. The number of benzene rings is 1. The van der Waals surface area contributed by atoms with Gasteiger partial charge in [0.05, 0.1) is 6.42 Å². The molecule has 0 radical (unpaired) electrons. The first-order valence-corrected chi connectivity index (χ1v) is 7.60. The molecule has 1 aromatic rings. The van der Waals surface area contributed by atoms with Gasteiger partial charge in [-0.25, -0.2) is 0 Å². The fraction of sp³-hybridized carbons (Fsp3) is 0.562. The van der Waals surface area contributed by atoms with Gasteiger partial charge in [0.1, 0.15) is 0 Å². The number of anilines is 2. The van der Waals surface area contributed by atoms with E-state index in [9.17, 15) is 4.79 Å². The fourth-order valence-electron chi connectivity index (χ4n) is 2.64. The molecular weight excluding hydrogens is 266 g/mol. The van der Waals surface area contributed by atoms with E-state index in [1.165, 1.54) is 5.69 Å². The Morgan fingerprint density at radius 2 is 1.81 bits per heavy atom. The molecule has 1 aliphatic heterocycles. The zero-order chi connectivity index (χ0) is 15.2. The van der Waals surface area contributed by atoms with Gasteiger partial charge in [-0.1, -0.05) is 0 Å². The van der Waals surface area contributed by atoms with Gasteiger partial charge in [-0.15, -0.1) is 0 Å². The molecule has 0 unspecified atom stereocenters. The van der Waals surface area contributed by atoms with Crippen LogP contribution >= 0.6 is 0 Å². The number of carboxylic acids is 1. The fourth-order valence-corrected chi connectivity index (χ4v) is 2.64. The quantitative estimate of drug-likeness (QED) is 0.865. The predicted molar refractivity (Wildman–Crippen MR) is 86.3 cm³/mol. The van der Waals surface area contributed by atoms with Crippen molar-refractivity contribution in [1.29, 1.82) is 0 Å². The molecule has 5 heteroatoms. The normalized spacial score (nSPS) is 16.0. The number of piperazine rings is 1. The van der Waals surface area contributed by atoms with E-state index in [0.29, 0.717) is 6.54 Å². The Hall–Kier alpha value is -1.75. The van der Waals surface area contributed by atoms with Crippen LogP contribution in [0.5, 0.6) is 0 Å². The third-order valence-corrected chi connectivity index (χ3v) is 4.06. The Morgan fingerprint density at radius 1 is 1.19 bits per heavy atom. The minimum absolute atomic E-state index is 0.175. The maximum absolute atomic E-state index is 10.7. The largest absolute Gasteiger partial charge is 0.481 e. The van der Waals surface area contributed by atoms with Gasteiger partial charge < -0.3 is 19.8 Å². The number of hydrogen-bond donors (Lipinski definition) is 1. The molecule has 5 nitrogen and oxygen atoms in total. The van der Waals surface area contributed by atoms with E-state index in [0.717, 1.165) is 38.4 Å². The summed E-state index contributed by atoms with van der Waals surface area (Å²) in [5.41, 5.74) is 2.35. The van der Waals surface area contributed by atoms with Crippen molar-refractivity contribution in [3.8, 4) is 0 Å². The lowest BCUT2D eigenvalue weighted by Crippen LogP contribution is -2.44. The van der Waals surface area contributed by atoms with E-state index in [1.54, 1.807) is 0 Å². The molecule has 1 heterocycles. The zero-order valence-corrected chi connectivity index (χ0v) is 13.0. The molecule has 0 bridgehead atoms. The van der Waals surface area contributed by atoms with Crippen molar-refractivity contribution in [3.05, 3.63) is 24.3 Å². The van der Waals surface area contributed by atoms with E-state index in [-0.39, 0.29) is 6.42 Å². The summed E-state index contributed by atoms with van der Waals surface area (Å²) in [6.45, 7) is 7.75. The summed E-state index contributed by atoms with van der Waals surface area (Å²) >= 11 is 0. The number of likely N-dealkylation sites (N-methyl/N-ethyl adjacent to an activating group) is 1. The van der Waals surface area contributed by atoms with E-state index >= 15 is 0 Å². The summed E-state index contributed by atoms with van der Waals surface area (Å²) in [6, 6.07) is 8.48. The number of hydrogen-bond acceptors (Lipinski definition) is 4. The number of rotatable bonds is 6. The van der Waals surface area contributed by atoms with Crippen LogP contribution in [0.3, 0.4) is 0 Å². The molecule has 1 N–H and O–H groups in total. The first-order valence-electron chi connectivity index (χ1n) is 7.60. The van der Waals surface area contributed by atoms with Gasteiger partial charge in [-0.3, -0.25) is 4.79 Å². The predicted octanol–water partition coefficient (Wildman–Crippen LogP) is 1.74. The SMILES string of the molecule is CCN(CCC(=O)O)c1ccc(N2CCN(C)CC2)cc1. The van der Waals surface area contributed by atoms with Crippen LogP contribution in [0, 0.1) is 0 Å². The second kappa shape index (κ2) is 7.31. The van der Waals surface area contributed by atoms with Crippen molar-refractivity contribution < 1.29 is 9.90 Å². The van der Waals surface area contributed by atoms with E-state index in [4.69, 9.17) is 5.11 Å². The highest BCUT2D eigenvalue weighted by Crippen LogP contribution is 2.22. The average Bonchev–Trinajstić information content (AvgIpc) is 2.49. The Kier molecular flexibility index (Phi) is 5.44. The first kappa shape index (κ1) is 15.6. The lowest BCUT2D eigenvalue weighted by atomic mass is 10.2. The first-order chi connectivity index (χ1) is 10.1. The second-order valence-electron chi connectivity index (χ2n) is 5.53. The van der Waals surface area contributed by atoms with Crippen LogP contribution < -0.4 is 9.80 Å². The Labute approximate surface area is 126 Å². The number of nitrogens with zero attached hydrogens (tertiary/aromatic N) is 3. The van der Waals surface area contributed by atoms with Crippen molar-refractivity contribution in [3.63, 3.8) is 0 Å². The molecule has 116 valence electrons. The zero-order valence-electron chi connectivity index (χ0n) is 13.0. The van der Waals surface area contributed by atoms with Crippen LogP contribution in [0.2, 0.25) is 0 Å². The Balaban J connectivity index is 1.98. The van der Waals surface area contributed by atoms with Crippen LogP contribution in [0.15, 0.2) is 24.3 Å². The molecule has 21 heavy (non-hydrogen) atoms. The summed E-state index contributed by atoms with van der Waals surface area (Å²) in [5, 5.41) is 8.80. The van der Waals surface area contributed by atoms with Crippen LogP contribution in [-0.2, 0) is 4.79 Å². The van der Waals surface area contributed by atoms with Gasteiger partial charge in [-0.2, -0.15) is 0 Å². The second-order valence-corrected chi connectivity index (χ2v) is 5.53. The summed E-state index contributed by atoms with van der Waals surface area (Å²) in [5.74, 6) is -0.748. The standard InChI is InChI=1S/C16H25N3O2/c1-3-18(9-8-16(20)21)14-4-6-15(7-5-14)19-12-10-17(2)11-13-19/h4-7H,3,8-13H2,1-2H3,(H,20,21). The topological polar surface area (TPSA) is 47.0 Å². The highest BCUT2D eigenvalue weighted by molar-refractivity contribution is 5.68. The molecular formula is C16H25N3O2. The maximum atomic E-state index is 10.7. The molecule has 1 aliphatic rings. The molecule has 0 amide bonds. The van der Waals surface area contributed by atoms with Crippen LogP contribution in [-0.4, -0.2) is 62.3 Å². The van der Waals surface area contributed by atoms with E-state index < -0.39 is 5.97 Å². The molecule has 0 saturated carbocycles. The van der Waals surface area contributed by atoms with Gasteiger partial charge in [0.2, 0.25) is 0 Å². The number of carboxylic acid groups (broad SMARTS) is 1. The van der Waals surface area contributed by atoms with Gasteiger partial charge >= 0.3 is 5.97 Å². The van der Waals surface area contributed by atoms with Crippen LogP contribution in [0.4, 0.5) is 11.4 Å². The molecule has 1 fully saturated rings. The smallest absolute Gasteiger partial charge is 0.305 e. The van der Waals surface area contributed by atoms with Gasteiger partial charge in [0, 0.05) is 50.6 Å².